The summed E-state index contributed by atoms with van der Waals surface area (Å²) in [6.45, 7) is 11.4. The van der Waals surface area contributed by atoms with Gasteiger partial charge >= 0.3 is 5.69 Å². The predicted molar refractivity (Wildman–Crippen MR) is 184 cm³/mol. The third-order valence-corrected chi connectivity index (χ3v) is 9.45. The summed E-state index contributed by atoms with van der Waals surface area (Å²) < 4.78 is 35.5. The number of hydrogen-bond donors (Lipinski definition) is 0. The maximum atomic E-state index is 16.6. The van der Waals surface area contributed by atoms with Crippen molar-refractivity contribution in [1.82, 2.24) is 34.4 Å². The van der Waals surface area contributed by atoms with E-state index in [1.807, 2.05) is 55.8 Å². The summed E-state index contributed by atoms with van der Waals surface area (Å²) >= 11 is 0. The fraction of sp³-hybridized carbons (Fsp3) is 0.333. The van der Waals surface area contributed by atoms with Gasteiger partial charge < -0.3 is 14.7 Å². The SMILES string of the molecule is C=CC(=O)N1CCN(c2nc(=O)n3c4nc(c(F)cc24)-c2c(F)cccc2Cn2cc(nn2)CCN(C)c2cccc(C(C)C)c2-3)[C@@H](C)C1. The van der Waals surface area contributed by atoms with Gasteiger partial charge in [0.25, 0.3) is 0 Å². The first-order chi connectivity index (χ1) is 23.5. The molecule has 0 unspecified atom stereocenters. The Morgan fingerprint density at radius 3 is 2.61 bits per heavy atom. The number of halogens is 2. The Labute approximate surface area is 282 Å². The van der Waals surface area contributed by atoms with E-state index >= 15 is 8.78 Å². The van der Waals surface area contributed by atoms with Crippen molar-refractivity contribution in [2.75, 3.05) is 43.0 Å². The topological polar surface area (TPSA) is 105 Å². The molecule has 2 aromatic carbocycles. The molecule has 0 N–H and O–H groups in total. The fourth-order valence-corrected chi connectivity index (χ4v) is 6.94. The van der Waals surface area contributed by atoms with Gasteiger partial charge in [0.2, 0.25) is 5.91 Å². The highest BCUT2D eigenvalue weighted by Crippen LogP contribution is 2.37. The van der Waals surface area contributed by atoms with Crippen molar-refractivity contribution in [3.63, 3.8) is 0 Å². The minimum absolute atomic E-state index is 0.0134. The molecule has 5 aromatic rings. The van der Waals surface area contributed by atoms with Crippen LogP contribution in [0, 0.1) is 11.6 Å². The summed E-state index contributed by atoms with van der Waals surface area (Å²) in [6.07, 6.45) is 3.64. The first-order valence-corrected chi connectivity index (χ1v) is 16.4. The molecule has 2 aliphatic heterocycles. The number of carbonyl (C=O) groups is 1. The van der Waals surface area contributed by atoms with Gasteiger partial charge in [-0.2, -0.15) is 4.98 Å². The van der Waals surface area contributed by atoms with Crippen LogP contribution in [0.15, 0.2) is 66.1 Å². The molecular weight excluding hydrogens is 628 g/mol. The van der Waals surface area contributed by atoms with Gasteiger partial charge in [0.05, 0.1) is 29.0 Å². The number of aromatic nitrogens is 6. The van der Waals surface area contributed by atoms with Crippen molar-refractivity contribution in [1.29, 1.82) is 0 Å². The fourth-order valence-electron chi connectivity index (χ4n) is 6.94. The first-order valence-electron chi connectivity index (χ1n) is 16.4. The smallest absolute Gasteiger partial charge is 0.355 e. The van der Waals surface area contributed by atoms with Crippen LogP contribution in [0.4, 0.5) is 20.3 Å². The normalized spacial score (nSPS) is 16.4. The Kier molecular flexibility index (Phi) is 8.21. The van der Waals surface area contributed by atoms with Crippen LogP contribution < -0.4 is 15.5 Å². The highest BCUT2D eigenvalue weighted by molar-refractivity contribution is 5.92. The number of benzene rings is 2. The van der Waals surface area contributed by atoms with Crippen LogP contribution in [0.1, 0.15) is 43.5 Å². The standard InChI is InChI=1S/C36H37F2N9O2/c1-6-30(48)44-15-16-46(22(4)18-44)34-26-17-28(38)32-31-23(9-7-11-27(31)37)19-45-20-24(41-42-45)13-14-43(5)29-12-8-10-25(21(2)3)33(29)47(35(26)39-32)36(49)40-34/h6-12,17,20-22H,1,13-16,18-19H2,2-5H3/t22-/m0/s1. The molecule has 0 aliphatic carbocycles. The lowest BCUT2D eigenvalue weighted by molar-refractivity contribution is -0.126. The van der Waals surface area contributed by atoms with Gasteiger partial charge in [-0.05, 0) is 48.2 Å². The Morgan fingerprint density at radius 2 is 1.86 bits per heavy atom. The zero-order valence-electron chi connectivity index (χ0n) is 27.9. The van der Waals surface area contributed by atoms with Crippen LogP contribution in [0.3, 0.4) is 0 Å². The third-order valence-electron chi connectivity index (χ3n) is 9.45. The van der Waals surface area contributed by atoms with Crippen molar-refractivity contribution in [3.05, 3.63) is 100 Å². The minimum atomic E-state index is -0.765. The van der Waals surface area contributed by atoms with E-state index < -0.39 is 17.3 Å². The van der Waals surface area contributed by atoms with Crippen molar-refractivity contribution in [2.45, 2.75) is 45.7 Å². The molecule has 0 spiro atoms. The number of amides is 1. The van der Waals surface area contributed by atoms with Crippen molar-refractivity contribution < 1.29 is 13.6 Å². The molecule has 4 bridgehead atoms. The number of para-hydroxylation sites is 1. The molecule has 49 heavy (non-hydrogen) atoms. The summed E-state index contributed by atoms with van der Waals surface area (Å²) in [5.41, 5.74) is 2.67. The van der Waals surface area contributed by atoms with E-state index in [9.17, 15) is 9.59 Å². The molecule has 1 saturated heterocycles. The van der Waals surface area contributed by atoms with Crippen LogP contribution in [0.5, 0.6) is 0 Å². The first kappa shape index (κ1) is 32.1. The number of carbonyl (C=O) groups excluding carboxylic acids is 1. The van der Waals surface area contributed by atoms with E-state index in [4.69, 9.17) is 4.98 Å². The van der Waals surface area contributed by atoms with Gasteiger partial charge in [0.1, 0.15) is 23.1 Å². The molecule has 0 radical (unpaired) electrons. The van der Waals surface area contributed by atoms with Gasteiger partial charge in [-0.3, -0.25) is 4.79 Å². The maximum Gasteiger partial charge on any atom is 0.355 e. The largest absolute Gasteiger partial charge is 0.372 e. The molecule has 11 nitrogen and oxygen atoms in total. The zero-order chi connectivity index (χ0) is 34.6. The number of likely N-dealkylation sites (N-methyl/N-ethyl adjacent to an activating group) is 1. The van der Waals surface area contributed by atoms with Crippen molar-refractivity contribution in [2.24, 2.45) is 0 Å². The van der Waals surface area contributed by atoms with Gasteiger partial charge in [0, 0.05) is 57.4 Å². The summed E-state index contributed by atoms with van der Waals surface area (Å²) in [5, 5.41) is 8.90. The van der Waals surface area contributed by atoms with E-state index in [1.165, 1.54) is 22.8 Å². The van der Waals surface area contributed by atoms with Crippen molar-refractivity contribution in [3.8, 4) is 16.9 Å². The summed E-state index contributed by atoms with van der Waals surface area (Å²) in [6, 6.07) is 11.4. The highest BCUT2D eigenvalue weighted by atomic mass is 19.1. The zero-order valence-corrected chi connectivity index (χ0v) is 27.9. The number of anilines is 2. The van der Waals surface area contributed by atoms with Gasteiger partial charge in [-0.15, -0.1) is 5.10 Å². The molecule has 5 heterocycles. The summed E-state index contributed by atoms with van der Waals surface area (Å²) in [5.74, 6) is -1.37. The average molecular weight is 666 g/mol. The molecule has 7 rings (SSSR count). The average Bonchev–Trinajstić information content (AvgIpc) is 3.53. The monoisotopic (exact) mass is 665 g/mol. The lowest BCUT2D eigenvalue weighted by Gasteiger charge is -2.40. The van der Waals surface area contributed by atoms with Crippen molar-refractivity contribution >= 4 is 28.4 Å². The second-order valence-electron chi connectivity index (χ2n) is 13.0. The number of piperazine rings is 1. The van der Waals surface area contributed by atoms with Crippen LogP contribution in [-0.4, -0.2) is 79.6 Å². The Balaban J connectivity index is 1.56. The maximum absolute atomic E-state index is 16.6. The predicted octanol–water partition coefficient (Wildman–Crippen LogP) is 4.70. The van der Waals surface area contributed by atoms with E-state index in [0.717, 1.165) is 16.9 Å². The number of fused-ring (bicyclic) bond motifs is 7. The van der Waals surface area contributed by atoms with E-state index in [1.54, 1.807) is 27.9 Å². The Bertz CT molecular complexity index is 2180. The summed E-state index contributed by atoms with van der Waals surface area (Å²) in [4.78, 5) is 42.0. The highest BCUT2D eigenvalue weighted by Gasteiger charge is 2.31. The Morgan fingerprint density at radius 1 is 1.06 bits per heavy atom. The second-order valence-corrected chi connectivity index (χ2v) is 13.0. The third kappa shape index (κ3) is 5.62. The molecule has 3 aromatic heterocycles. The molecule has 1 fully saturated rings. The molecule has 13 heteroatoms. The minimum Gasteiger partial charge on any atom is -0.372 e. The van der Waals surface area contributed by atoms with Crippen LogP contribution in [0.25, 0.3) is 28.0 Å². The lowest BCUT2D eigenvalue weighted by Crippen LogP contribution is -2.54. The quantitative estimate of drug-likeness (QED) is 0.256. The number of nitrogens with zero attached hydrogens (tertiary/aromatic N) is 9. The van der Waals surface area contributed by atoms with E-state index in [-0.39, 0.29) is 47.1 Å². The van der Waals surface area contributed by atoms with Gasteiger partial charge in [0.15, 0.2) is 5.65 Å². The molecule has 0 saturated carbocycles. The van der Waals surface area contributed by atoms with Gasteiger partial charge in [-0.1, -0.05) is 49.9 Å². The molecule has 1 amide bonds. The number of pyridine rings is 1. The van der Waals surface area contributed by atoms with E-state index in [0.29, 0.717) is 49.2 Å². The summed E-state index contributed by atoms with van der Waals surface area (Å²) in [7, 11) is 1.94. The van der Waals surface area contributed by atoms with Gasteiger partial charge in [-0.25, -0.2) is 27.8 Å². The molecule has 252 valence electrons. The second kappa shape index (κ2) is 12.5. The van der Waals surface area contributed by atoms with Crippen LogP contribution in [-0.2, 0) is 17.8 Å². The van der Waals surface area contributed by atoms with Crippen LogP contribution in [0.2, 0.25) is 0 Å². The van der Waals surface area contributed by atoms with E-state index in [2.05, 4.69) is 21.9 Å². The molecule has 2 aliphatic rings. The number of hydrogen-bond acceptors (Lipinski definition) is 8. The number of rotatable bonds is 3. The van der Waals surface area contributed by atoms with Crippen LogP contribution >= 0.6 is 0 Å². The molecule has 1 atom stereocenters. The lowest BCUT2D eigenvalue weighted by atomic mass is 9.99. The molecular formula is C36H37F2N9O2. The Hall–Kier alpha value is -5.46.